The van der Waals surface area contributed by atoms with E-state index in [1.165, 1.54) is 5.56 Å². The lowest BCUT2D eigenvalue weighted by Gasteiger charge is -2.27. The molecule has 8 nitrogen and oxygen atoms in total. The van der Waals surface area contributed by atoms with Gasteiger partial charge in [0.25, 0.3) is 0 Å². The van der Waals surface area contributed by atoms with Gasteiger partial charge in [-0.05, 0) is 61.8 Å². The molecule has 1 aromatic carbocycles. The summed E-state index contributed by atoms with van der Waals surface area (Å²) in [6.45, 7) is 4.84. The summed E-state index contributed by atoms with van der Waals surface area (Å²) in [7, 11) is 0. The minimum Gasteiger partial charge on any atom is -0.477 e. The summed E-state index contributed by atoms with van der Waals surface area (Å²) in [4.78, 5) is 26.3. The molecule has 1 unspecified atom stereocenters. The van der Waals surface area contributed by atoms with Crippen LogP contribution in [-0.2, 0) is 10.3 Å². The fourth-order valence-electron chi connectivity index (χ4n) is 4.95. The maximum atomic E-state index is 12.1. The number of hydrogen-bond acceptors (Lipinski definition) is 5. The Bertz CT molecular complexity index is 1160. The van der Waals surface area contributed by atoms with E-state index in [4.69, 9.17) is 9.26 Å². The molecule has 0 radical (unpaired) electrons. The van der Waals surface area contributed by atoms with Gasteiger partial charge in [-0.25, -0.2) is 9.59 Å². The smallest absolute Gasteiger partial charge is 0.438 e. The van der Waals surface area contributed by atoms with E-state index in [-0.39, 0.29) is 17.7 Å². The summed E-state index contributed by atoms with van der Waals surface area (Å²) in [5.41, 5.74) is 1.50. The van der Waals surface area contributed by atoms with Crippen molar-refractivity contribution in [2.45, 2.75) is 50.7 Å². The Balaban J connectivity index is 1.66. The molecule has 2 aliphatic rings. The van der Waals surface area contributed by atoms with Gasteiger partial charge in [0.15, 0.2) is 5.82 Å². The predicted octanol–water partition coefficient (Wildman–Crippen LogP) is 3.08. The zero-order chi connectivity index (χ0) is 20.3. The van der Waals surface area contributed by atoms with Gasteiger partial charge >= 0.3 is 11.7 Å². The highest BCUT2D eigenvalue weighted by Gasteiger charge is 2.59. The van der Waals surface area contributed by atoms with Crippen LogP contribution in [0.25, 0.3) is 10.9 Å². The molecule has 1 saturated heterocycles. The largest absolute Gasteiger partial charge is 0.477 e. The number of carboxylic acids is 1. The predicted molar refractivity (Wildman–Crippen MR) is 104 cm³/mol. The minimum atomic E-state index is -1.01. The first-order valence-corrected chi connectivity index (χ1v) is 9.97. The summed E-state index contributed by atoms with van der Waals surface area (Å²) in [6.07, 6.45) is 2.82. The summed E-state index contributed by atoms with van der Waals surface area (Å²) >= 11 is 0. The van der Waals surface area contributed by atoms with Gasteiger partial charge in [-0.3, -0.25) is 9.51 Å². The van der Waals surface area contributed by atoms with E-state index in [1.54, 1.807) is 10.6 Å². The number of ether oxygens (including phenoxy) is 1. The standard InChI is InChI=1S/C21H23N3O5/c1-11-10-21(11,19-22-20(27)29-23-19)24-16-4-3-13(14-5-6-28-12(2)7-14)8-15(16)9-17(24)18(25)26/h3-4,8-9,11-12,14H,5-7,10H2,1-2H3,(H,25,26)(H,22,23,27)/t11-,12-,14?,21-/m0/s1. The first-order chi connectivity index (χ1) is 13.9. The number of nitrogens with one attached hydrogen (secondary N) is 1. The van der Waals surface area contributed by atoms with Gasteiger partial charge in [0.1, 0.15) is 11.2 Å². The second-order valence-corrected chi connectivity index (χ2v) is 8.36. The first-order valence-electron chi connectivity index (χ1n) is 9.97. The molecule has 2 N–H and O–H groups in total. The monoisotopic (exact) mass is 397 g/mol. The van der Waals surface area contributed by atoms with Crippen molar-refractivity contribution in [2.24, 2.45) is 5.92 Å². The number of aromatic nitrogens is 3. The maximum absolute atomic E-state index is 12.1. The number of hydrogen-bond donors (Lipinski definition) is 2. The van der Waals surface area contributed by atoms with E-state index in [0.717, 1.165) is 30.4 Å². The summed E-state index contributed by atoms with van der Waals surface area (Å²) < 4.78 is 12.2. The van der Waals surface area contributed by atoms with Crippen molar-refractivity contribution in [3.8, 4) is 0 Å². The number of carboxylic acid groups (broad SMARTS) is 1. The zero-order valence-electron chi connectivity index (χ0n) is 16.3. The van der Waals surface area contributed by atoms with Gasteiger partial charge in [-0.2, -0.15) is 0 Å². The normalized spacial score (nSPS) is 29.2. The van der Waals surface area contributed by atoms with Gasteiger partial charge in [-0.15, -0.1) is 0 Å². The SMILES string of the molecule is C[C@H]1CC(c2ccc3c(c2)cc(C(=O)O)n3[C@@]2(c3noc(=O)[nH]3)C[C@@H]2C)CCO1. The molecule has 3 heterocycles. The Hall–Kier alpha value is -2.87. The number of carbonyl (C=O) groups is 1. The Morgan fingerprint density at radius 2 is 2.14 bits per heavy atom. The molecular formula is C21H23N3O5. The third-order valence-electron chi connectivity index (χ3n) is 6.52. The molecule has 5 rings (SSSR count). The van der Waals surface area contributed by atoms with Gasteiger partial charge in [0, 0.05) is 17.5 Å². The van der Waals surface area contributed by atoms with E-state index in [9.17, 15) is 14.7 Å². The van der Waals surface area contributed by atoms with Crippen molar-refractivity contribution >= 4 is 16.9 Å². The Labute approximate surface area is 166 Å². The van der Waals surface area contributed by atoms with Gasteiger partial charge < -0.3 is 14.4 Å². The summed E-state index contributed by atoms with van der Waals surface area (Å²) in [6, 6.07) is 7.88. The van der Waals surface area contributed by atoms with Crippen LogP contribution in [0, 0.1) is 5.92 Å². The lowest BCUT2D eigenvalue weighted by atomic mass is 9.88. The molecule has 1 saturated carbocycles. The third kappa shape index (κ3) is 2.73. The maximum Gasteiger partial charge on any atom is 0.438 e. The van der Waals surface area contributed by atoms with E-state index < -0.39 is 17.3 Å². The van der Waals surface area contributed by atoms with Gasteiger partial charge in [-0.1, -0.05) is 18.1 Å². The number of fused-ring (bicyclic) bond motifs is 1. The average Bonchev–Trinajstić information content (AvgIpc) is 3.04. The van der Waals surface area contributed by atoms with Crippen molar-refractivity contribution in [1.82, 2.24) is 14.7 Å². The average molecular weight is 397 g/mol. The molecule has 1 aliphatic heterocycles. The van der Waals surface area contributed by atoms with Crippen LogP contribution in [0.1, 0.15) is 60.9 Å². The number of benzene rings is 1. The quantitative estimate of drug-likeness (QED) is 0.700. The van der Waals surface area contributed by atoms with Crippen molar-refractivity contribution in [3.63, 3.8) is 0 Å². The van der Waals surface area contributed by atoms with E-state index in [0.29, 0.717) is 18.2 Å². The van der Waals surface area contributed by atoms with Crippen LogP contribution in [0.5, 0.6) is 0 Å². The second kappa shape index (κ2) is 6.32. The van der Waals surface area contributed by atoms with Gasteiger partial charge in [0.2, 0.25) is 0 Å². The van der Waals surface area contributed by atoms with Crippen molar-refractivity contribution < 1.29 is 19.2 Å². The number of rotatable bonds is 4. The Morgan fingerprint density at radius 1 is 1.34 bits per heavy atom. The molecule has 0 amide bonds. The number of nitrogens with zero attached hydrogens (tertiary/aromatic N) is 2. The highest BCUT2D eigenvalue weighted by molar-refractivity contribution is 5.95. The van der Waals surface area contributed by atoms with Crippen LogP contribution in [0.15, 0.2) is 33.6 Å². The second-order valence-electron chi connectivity index (χ2n) is 8.36. The topological polar surface area (TPSA) is 110 Å². The van der Waals surface area contributed by atoms with E-state index in [2.05, 4.69) is 29.2 Å². The fourth-order valence-corrected chi connectivity index (χ4v) is 4.95. The summed E-state index contributed by atoms with van der Waals surface area (Å²) in [5.74, 6) is -0.750. The zero-order valence-corrected chi connectivity index (χ0v) is 16.3. The van der Waals surface area contributed by atoms with Gasteiger partial charge in [0.05, 0.1) is 6.10 Å². The van der Waals surface area contributed by atoms with Crippen LogP contribution in [-0.4, -0.2) is 38.5 Å². The van der Waals surface area contributed by atoms with E-state index in [1.807, 2.05) is 13.0 Å². The lowest BCUT2D eigenvalue weighted by molar-refractivity contribution is 0.0186. The molecule has 2 aromatic heterocycles. The molecule has 0 spiro atoms. The van der Waals surface area contributed by atoms with Crippen LogP contribution >= 0.6 is 0 Å². The molecule has 1 aliphatic carbocycles. The van der Waals surface area contributed by atoms with Crippen LogP contribution < -0.4 is 5.76 Å². The molecule has 0 bridgehead atoms. The minimum absolute atomic E-state index is 0.118. The highest BCUT2D eigenvalue weighted by atomic mass is 16.5. The molecule has 8 heteroatoms. The molecule has 4 atom stereocenters. The lowest BCUT2D eigenvalue weighted by Crippen LogP contribution is -2.26. The van der Waals surface area contributed by atoms with E-state index >= 15 is 0 Å². The van der Waals surface area contributed by atoms with Crippen LogP contribution in [0.2, 0.25) is 0 Å². The van der Waals surface area contributed by atoms with Crippen molar-refractivity contribution in [2.75, 3.05) is 6.61 Å². The van der Waals surface area contributed by atoms with Crippen molar-refractivity contribution in [3.05, 3.63) is 51.9 Å². The Kier molecular flexibility index (Phi) is 3.96. The number of aromatic carboxylic acids is 1. The van der Waals surface area contributed by atoms with Crippen LogP contribution in [0.4, 0.5) is 0 Å². The Morgan fingerprint density at radius 3 is 2.76 bits per heavy atom. The first kappa shape index (κ1) is 18.2. The summed E-state index contributed by atoms with van der Waals surface area (Å²) in [5, 5.41) is 14.7. The molecule has 2 fully saturated rings. The number of H-pyrrole nitrogens is 1. The molecule has 152 valence electrons. The third-order valence-corrected chi connectivity index (χ3v) is 6.52. The van der Waals surface area contributed by atoms with Crippen LogP contribution in [0.3, 0.4) is 0 Å². The number of aromatic amines is 1. The molecular weight excluding hydrogens is 374 g/mol. The van der Waals surface area contributed by atoms with Crippen molar-refractivity contribution in [1.29, 1.82) is 0 Å². The molecule has 29 heavy (non-hydrogen) atoms. The molecule has 3 aromatic rings. The highest BCUT2D eigenvalue weighted by Crippen LogP contribution is 2.55. The fraction of sp³-hybridized carbons (Fsp3) is 0.476.